The van der Waals surface area contributed by atoms with Crippen LogP contribution in [0.25, 0.3) is 0 Å². The van der Waals surface area contributed by atoms with Gasteiger partial charge in [-0.05, 0) is 18.4 Å². The number of nitrogens with one attached hydrogen (secondary N) is 1. The van der Waals surface area contributed by atoms with Crippen LogP contribution < -0.4 is 11.1 Å². The molecule has 0 spiro atoms. The van der Waals surface area contributed by atoms with Crippen molar-refractivity contribution in [3.63, 3.8) is 0 Å². The maximum Gasteiger partial charge on any atom is 0.244 e. The number of carbonyl (C=O) groups is 2. The lowest BCUT2D eigenvalue weighted by molar-refractivity contribution is -0.138. The molecule has 5 nitrogen and oxygen atoms in total. The summed E-state index contributed by atoms with van der Waals surface area (Å²) in [4.78, 5) is 26.1. The number of nitrogens with zero attached hydrogens (tertiary/aromatic N) is 1. The predicted octanol–water partition coefficient (Wildman–Crippen LogP) is 0.423. The Balaban J connectivity index is 1.78. The number of benzene rings is 1. The van der Waals surface area contributed by atoms with Crippen molar-refractivity contribution in [2.45, 2.75) is 24.9 Å². The first-order chi connectivity index (χ1) is 9.68. The molecule has 5 heteroatoms. The number of likely N-dealkylation sites (tertiary alicyclic amines) is 1. The molecule has 3 atom stereocenters. The zero-order chi connectivity index (χ0) is 14.1. The number of piperidine rings is 1. The number of hydrogen-bond acceptors (Lipinski definition) is 3. The van der Waals surface area contributed by atoms with Crippen molar-refractivity contribution in [2.24, 2.45) is 11.7 Å². The quantitative estimate of drug-likeness (QED) is 0.820. The standard InChI is InChI=1S/C15H19N3O2/c16-13(10-5-2-1-3-6-10)15(20)18-8-4-7-11-12(18)9-17-14(11)19/h1-3,5-6,11-13H,4,7-9,16H2,(H,17,19)/t11?,12?,13-/m1/s1. The largest absolute Gasteiger partial charge is 0.354 e. The monoisotopic (exact) mass is 273 g/mol. The van der Waals surface area contributed by atoms with E-state index < -0.39 is 6.04 Å². The van der Waals surface area contributed by atoms with Crippen LogP contribution >= 0.6 is 0 Å². The molecule has 2 amide bonds. The second-order valence-corrected chi connectivity index (χ2v) is 5.48. The summed E-state index contributed by atoms with van der Waals surface area (Å²) >= 11 is 0. The molecule has 2 saturated heterocycles. The van der Waals surface area contributed by atoms with Gasteiger partial charge in [0.1, 0.15) is 6.04 Å². The number of hydrogen-bond donors (Lipinski definition) is 2. The Morgan fingerprint density at radius 1 is 1.35 bits per heavy atom. The van der Waals surface area contributed by atoms with Gasteiger partial charge in [-0.15, -0.1) is 0 Å². The summed E-state index contributed by atoms with van der Waals surface area (Å²) in [5.41, 5.74) is 6.91. The fraction of sp³-hybridized carbons (Fsp3) is 0.467. The molecule has 2 unspecified atom stereocenters. The summed E-state index contributed by atoms with van der Waals surface area (Å²) in [5.74, 6) is -0.0705. The van der Waals surface area contributed by atoms with E-state index in [0.29, 0.717) is 13.1 Å². The van der Waals surface area contributed by atoms with Crippen LogP contribution in [0.15, 0.2) is 30.3 Å². The molecule has 1 aromatic rings. The van der Waals surface area contributed by atoms with E-state index >= 15 is 0 Å². The maximum atomic E-state index is 12.6. The molecular weight excluding hydrogens is 254 g/mol. The van der Waals surface area contributed by atoms with Crippen LogP contribution in [0.1, 0.15) is 24.4 Å². The predicted molar refractivity (Wildman–Crippen MR) is 74.6 cm³/mol. The molecule has 3 N–H and O–H groups in total. The lowest BCUT2D eigenvalue weighted by Gasteiger charge is -2.37. The Hall–Kier alpha value is -1.88. The summed E-state index contributed by atoms with van der Waals surface area (Å²) in [5, 5.41) is 2.85. The minimum atomic E-state index is -0.648. The second kappa shape index (κ2) is 5.25. The number of amides is 2. The molecule has 0 radical (unpaired) electrons. The Labute approximate surface area is 118 Å². The Kier molecular flexibility index (Phi) is 3.44. The van der Waals surface area contributed by atoms with Crippen molar-refractivity contribution >= 4 is 11.8 Å². The van der Waals surface area contributed by atoms with Gasteiger partial charge in [0.25, 0.3) is 0 Å². The Morgan fingerprint density at radius 2 is 2.10 bits per heavy atom. The normalized spacial score (nSPS) is 26.9. The minimum absolute atomic E-state index is 0.0292. The first-order valence-electron chi connectivity index (χ1n) is 7.07. The fourth-order valence-corrected chi connectivity index (χ4v) is 3.21. The highest BCUT2D eigenvalue weighted by Crippen LogP contribution is 2.29. The van der Waals surface area contributed by atoms with E-state index in [2.05, 4.69) is 5.32 Å². The van der Waals surface area contributed by atoms with Crippen LogP contribution in [0, 0.1) is 5.92 Å². The zero-order valence-electron chi connectivity index (χ0n) is 11.3. The van der Waals surface area contributed by atoms with Gasteiger partial charge in [0.2, 0.25) is 11.8 Å². The first-order valence-corrected chi connectivity index (χ1v) is 7.07. The van der Waals surface area contributed by atoms with Gasteiger partial charge in [-0.25, -0.2) is 0 Å². The number of carbonyl (C=O) groups excluding carboxylic acids is 2. The molecule has 106 valence electrons. The third-order valence-corrected chi connectivity index (χ3v) is 4.31. The number of nitrogens with two attached hydrogens (primary N) is 1. The molecule has 2 aliphatic rings. The van der Waals surface area contributed by atoms with Crippen molar-refractivity contribution < 1.29 is 9.59 Å². The summed E-state index contributed by atoms with van der Waals surface area (Å²) < 4.78 is 0. The van der Waals surface area contributed by atoms with Crippen LogP contribution in [0.2, 0.25) is 0 Å². The van der Waals surface area contributed by atoms with Gasteiger partial charge >= 0.3 is 0 Å². The van der Waals surface area contributed by atoms with Crippen LogP contribution in [0.4, 0.5) is 0 Å². The molecule has 3 rings (SSSR count). The van der Waals surface area contributed by atoms with Gasteiger partial charge in [-0.2, -0.15) is 0 Å². The maximum absolute atomic E-state index is 12.6. The van der Waals surface area contributed by atoms with E-state index in [-0.39, 0.29) is 23.8 Å². The molecule has 2 aliphatic heterocycles. The van der Waals surface area contributed by atoms with Gasteiger partial charge in [-0.3, -0.25) is 9.59 Å². The molecular formula is C15H19N3O2. The average molecular weight is 273 g/mol. The third kappa shape index (κ3) is 2.18. The first kappa shape index (κ1) is 13.1. The zero-order valence-corrected chi connectivity index (χ0v) is 11.3. The third-order valence-electron chi connectivity index (χ3n) is 4.31. The lowest BCUT2D eigenvalue weighted by Crippen LogP contribution is -2.51. The van der Waals surface area contributed by atoms with Crippen LogP contribution in [0.3, 0.4) is 0 Å². The van der Waals surface area contributed by atoms with Crippen LogP contribution in [0.5, 0.6) is 0 Å². The number of fused-ring (bicyclic) bond motifs is 1. The summed E-state index contributed by atoms with van der Waals surface area (Å²) in [6, 6.07) is 8.70. The molecule has 0 aromatic heterocycles. The molecule has 20 heavy (non-hydrogen) atoms. The lowest BCUT2D eigenvalue weighted by atomic mass is 9.90. The fourth-order valence-electron chi connectivity index (χ4n) is 3.21. The Morgan fingerprint density at radius 3 is 2.85 bits per heavy atom. The molecule has 0 bridgehead atoms. The smallest absolute Gasteiger partial charge is 0.244 e. The molecule has 2 heterocycles. The average Bonchev–Trinajstić information content (AvgIpc) is 2.88. The molecule has 0 saturated carbocycles. The minimum Gasteiger partial charge on any atom is -0.354 e. The van der Waals surface area contributed by atoms with Crippen LogP contribution in [-0.4, -0.2) is 35.8 Å². The highest BCUT2D eigenvalue weighted by molar-refractivity contribution is 5.87. The van der Waals surface area contributed by atoms with E-state index in [4.69, 9.17) is 5.73 Å². The van der Waals surface area contributed by atoms with Crippen molar-refractivity contribution in [3.05, 3.63) is 35.9 Å². The van der Waals surface area contributed by atoms with E-state index in [9.17, 15) is 9.59 Å². The topological polar surface area (TPSA) is 75.4 Å². The van der Waals surface area contributed by atoms with Crippen molar-refractivity contribution in [1.29, 1.82) is 0 Å². The second-order valence-electron chi connectivity index (χ2n) is 5.48. The van der Waals surface area contributed by atoms with Crippen molar-refractivity contribution in [3.8, 4) is 0 Å². The summed E-state index contributed by atoms with van der Waals surface area (Å²) in [6.07, 6.45) is 1.72. The highest BCUT2D eigenvalue weighted by Gasteiger charge is 2.43. The van der Waals surface area contributed by atoms with Gasteiger partial charge < -0.3 is 16.0 Å². The Bertz CT molecular complexity index is 517. The molecule has 2 fully saturated rings. The highest BCUT2D eigenvalue weighted by atomic mass is 16.2. The van der Waals surface area contributed by atoms with Gasteiger partial charge in [0.15, 0.2) is 0 Å². The van der Waals surface area contributed by atoms with E-state index in [1.165, 1.54) is 0 Å². The summed E-state index contributed by atoms with van der Waals surface area (Å²) in [7, 11) is 0. The molecule has 1 aromatic carbocycles. The van der Waals surface area contributed by atoms with E-state index in [0.717, 1.165) is 18.4 Å². The van der Waals surface area contributed by atoms with Gasteiger partial charge in [0, 0.05) is 13.1 Å². The van der Waals surface area contributed by atoms with E-state index in [1.54, 1.807) is 4.90 Å². The van der Waals surface area contributed by atoms with Gasteiger partial charge in [0.05, 0.1) is 12.0 Å². The SMILES string of the molecule is N[C@@H](C(=O)N1CCCC2C(=O)NCC21)c1ccccc1. The van der Waals surface area contributed by atoms with Crippen molar-refractivity contribution in [2.75, 3.05) is 13.1 Å². The van der Waals surface area contributed by atoms with Crippen molar-refractivity contribution in [1.82, 2.24) is 10.2 Å². The number of rotatable bonds is 2. The van der Waals surface area contributed by atoms with Crippen LogP contribution in [-0.2, 0) is 9.59 Å². The molecule has 0 aliphatic carbocycles. The summed E-state index contributed by atoms with van der Waals surface area (Å²) in [6.45, 7) is 1.24. The van der Waals surface area contributed by atoms with Gasteiger partial charge in [-0.1, -0.05) is 30.3 Å². The van der Waals surface area contributed by atoms with E-state index in [1.807, 2.05) is 30.3 Å².